The van der Waals surface area contributed by atoms with E-state index in [1.807, 2.05) is 6.92 Å². The molecular weight excluding hydrogens is 369 g/mol. The van der Waals surface area contributed by atoms with Gasteiger partial charge in [-0.05, 0) is 31.0 Å². The number of hydrogen-bond acceptors (Lipinski definition) is 5. The average molecular weight is 391 g/mol. The molecule has 0 aliphatic carbocycles. The van der Waals surface area contributed by atoms with Gasteiger partial charge in [0.2, 0.25) is 17.3 Å². The van der Waals surface area contributed by atoms with Crippen LogP contribution in [0.2, 0.25) is 0 Å². The van der Waals surface area contributed by atoms with Gasteiger partial charge in [-0.1, -0.05) is 6.92 Å². The maximum Gasteiger partial charge on any atom is 0.328 e. The first-order chi connectivity index (χ1) is 13.3. The van der Waals surface area contributed by atoms with E-state index >= 15 is 0 Å². The molecule has 1 aromatic heterocycles. The van der Waals surface area contributed by atoms with Crippen LogP contribution in [0.3, 0.4) is 0 Å². The minimum absolute atomic E-state index is 0.0354. The van der Waals surface area contributed by atoms with Gasteiger partial charge in [0.1, 0.15) is 5.69 Å². The van der Waals surface area contributed by atoms with Crippen molar-refractivity contribution >= 4 is 17.3 Å². The first kappa shape index (κ1) is 21.2. The largest absolute Gasteiger partial charge is 0.385 e. The number of pyridine rings is 1. The summed E-state index contributed by atoms with van der Waals surface area (Å²) >= 11 is 0. The monoisotopic (exact) mass is 391 g/mol. The van der Waals surface area contributed by atoms with Crippen LogP contribution in [0.1, 0.15) is 19.8 Å². The number of amides is 1. The molecule has 9 heteroatoms. The zero-order valence-electron chi connectivity index (χ0n) is 15.9. The van der Waals surface area contributed by atoms with Crippen LogP contribution in [-0.2, 0) is 16.6 Å². The second-order valence-corrected chi connectivity index (χ2v) is 6.32. The van der Waals surface area contributed by atoms with Gasteiger partial charge in [-0.3, -0.25) is 19.7 Å². The fraction of sp³-hybridized carbons (Fsp3) is 0.368. The number of nitrogens with zero attached hydrogens (tertiary/aromatic N) is 2. The molecule has 150 valence electrons. The van der Waals surface area contributed by atoms with Gasteiger partial charge in [0.25, 0.3) is 0 Å². The fourth-order valence-electron chi connectivity index (χ4n) is 2.84. The lowest BCUT2D eigenvalue weighted by Gasteiger charge is -2.15. The summed E-state index contributed by atoms with van der Waals surface area (Å²) < 4.78 is 21.2. The van der Waals surface area contributed by atoms with Crippen molar-refractivity contribution in [2.45, 2.75) is 19.8 Å². The van der Waals surface area contributed by atoms with E-state index in [1.54, 1.807) is 0 Å². The third-order valence-corrected chi connectivity index (χ3v) is 4.49. The zero-order chi connectivity index (χ0) is 20.8. The Labute approximate surface area is 161 Å². The predicted molar refractivity (Wildman–Crippen MR) is 103 cm³/mol. The van der Waals surface area contributed by atoms with Crippen molar-refractivity contribution in [1.29, 1.82) is 0 Å². The molecule has 1 amide bonds. The number of hydrogen-bond donors (Lipinski definition) is 1. The number of carbonyl (C=O) groups is 1. The van der Waals surface area contributed by atoms with Crippen molar-refractivity contribution in [3.05, 3.63) is 56.7 Å². The van der Waals surface area contributed by atoms with Crippen molar-refractivity contribution in [2.24, 2.45) is 13.0 Å². The molecule has 8 nitrogen and oxygen atoms in total. The van der Waals surface area contributed by atoms with Crippen molar-refractivity contribution in [3.8, 4) is 11.1 Å². The summed E-state index contributed by atoms with van der Waals surface area (Å²) in [6, 6.07) is 5.27. The van der Waals surface area contributed by atoms with E-state index in [1.165, 1.54) is 49.2 Å². The molecule has 1 heterocycles. The molecular formula is C19H22FN3O5. The number of rotatable bonds is 8. The molecule has 0 saturated heterocycles. The van der Waals surface area contributed by atoms with Crippen LogP contribution in [0, 0.1) is 21.8 Å². The van der Waals surface area contributed by atoms with Crippen molar-refractivity contribution in [2.75, 3.05) is 19.0 Å². The summed E-state index contributed by atoms with van der Waals surface area (Å²) in [4.78, 5) is 34.5. The maximum atomic E-state index is 14.9. The molecule has 0 fully saturated rings. The summed E-state index contributed by atoms with van der Waals surface area (Å²) in [5.74, 6) is -1.92. The highest BCUT2D eigenvalue weighted by Crippen LogP contribution is 2.35. The Morgan fingerprint density at radius 2 is 2.07 bits per heavy atom. The van der Waals surface area contributed by atoms with E-state index in [-0.39, 0.29) is 16.8 Å². The van der Waals surface area contributed by atoms with Gasteiger partial charge in [0.05, 0.1) is 4.92 Å². The van der Waals surface area contributed by atoms with E-state index in [4.69, 9.17) is 4.74 Å². The number of aryl methyl sites for hydroxylation is 1. The normalized spacial score (nSPS) is 11.9. The minimum atomic E-state index is -1.08. The lowest BCUT2D eigenvalue weighted by Crippen LogP contribution is -2.24. The van der Waals surface area contributed by atoms with Gasteiger partial charge in [-0.25, -0.2) is 0 Å². The zero-order valence-corrected chi connectivity index (χ0v) is 15.9. The Bertz CT molecular complexity index is 942. The molecule has 0 aliphatic rings. The lowest BCUT2D eigenvalue weighted by atomic mass is 10.0. The summed E-state index contributed by atoms with van der Waals surface area (Å²) in [6.07, 6.45) is 2.35. The highest BCUT2D eigenvalue weighted by Gasteiger charge is 2.27. The number of carbonyl (C=O) groups excluding carboxylic acids is 1. The molecule has 1 unspecified atom stereocenters. The number of nitrogens with one attached hydrogen (secondary N) is 1. The van der Waals surface area contributed by atoms with Gasteiger partial charge >= 0.3 is 5.69 Å². The second-order valence-electron chi connectivity index (χ2n) is 6.32. The molecule has 2 aromatic rings. The lowest BCUT2D eigenvalue weighted by molar-refractivity contribution is -0.386. The Morgan fingerprint density at radius 1 is 1.36 bits per heavy atom. The number of ether oxygens (including phenoxy) is 1. The molecule has 0 saturated carbocycles. The number of benzene rings is 1. The van der Waals surface area contributed by atoms with Crippen molar-refractivity contribution < 1.29 is 18.8 Å². The Hall–Kier alpha value is -3.07. The Balaban J connectivity index is 2.43. The van der Waals surface area contributed by atoms with Crippen LogP contribution in [0.4, 0.5) is 15.8 Å². The maximum absolute atomic E-state index is 14.9. The van der Waals surface area contributed by atoms with Crippen LogP contribution in [0.15, 0.2) is 35.3 Å². The molecule has 0 bridgehead atoms. The summed E-state index contributed by atoms with van der Waals surface area (Å²) in [6.45, 7) is 2.19. The van der Waals surface area contributed by atoms with E-state index in [9.17, 15) is 24.1 Å². The highest BCUT2D eigenvalue weighted by molar-refractivity contribution is 5.95. The van der Waals surface area contributed by atoms with E-state index in [0.717, 1.165) is 0 Å². The number of anilines is 1. The standard InChI is InChI=1S/C19H22FN3O5/c1-4-12(9-10-28-3)19(25)21-15-7-6-14(17(20)18(15)23(26)27)13-5-8-16(24)22(2)11-13/h5-8,11-12H,4,9-10H2,1-3H3,(H,21,25). The molecule has 1 atom stereocenters. The number of halogens is 1. The van der Waals surface area contributed by atoms with Crippen molar-refractivity contribution in [3.63, 3.8) is 0 Å². The number of aromatic nitrogens is 1. The summed E-state index contributed by atoms with van der Waals surface area (Å²) in [7, 11) is 3.01. The molecule has 0 aliphatic heterocycles. The van der Waals surface area contributed by atoms with Crippen molar-refractivity contribution in [1.82, 2.24) is 4.57 Å². The first-order valence-electron chi connectivity index (χ1n) is 8.73. The van der Waals surface area contributed by atoms with Crippen LogP contribution in [-0.4, -0.2) is 29.1 Å². The van der Waals surface area contributed by atoms with Gasteiger partial charge in [-0.15, -0.1) is 0 Å². The van der Waals surface area contributed by atoms with E-state index in [0.29, 0.717) is 25.0 Å². The van der Waals surface area contributed by atoms with E-state index < -0.39 is 28.3 Å². The number of nitro groups is 1. The van der Waals surface area contributed by atoms with Gasteiger partial charge < -0.3 is 14.6 Å². The second kappa shape index (κ2) is 9.23. The quantitative estimate of drug-likeness (QED) is 0.550. The minimum Gasteiger partial charge on any atom is -0.385 e. The molecule has 0 radical (unpaired) electrons. The smallest absolute Gasteiger partial charge is 0.328 e. The summed E-state index contributed by atoms with van der Waals surface area (Å²) in [5.41, 5.74) is -1.04. The van der Waals surface area contributed by atoms with Crippen LogP contribution >= 0.6 is 0 Å². The van der Waals surface area contributed by atoms with Gasteiger partial charge in [-0.2, -0.15) is 4.39 Å². The number of methoxy groups -OCH3 is 1. The molecule has 0 spiro atoms. The first-order valence-corrected chi connectivity index (χ1v) is 8.73. The third kappa shape index (κ3) is 4.61. The van der Waals surface area contributed by atoms with Gasteiger partial charge in [0, 0.05) is 50.1 Å². The molecule has 1 aromatic carbocycles. The Morgan fingerprint density at radius 3 is 2.64 bits per heavy atom. The molecule has 28 heavy (non-hydrogen) atoms. The van der Waals surface area contributed by atoms with Gasteiger partial charge in [0.15, 0.2) is 0 Å². The summed E-state index contributed by atoms with van der Waals surface area (Å²) in [5, 5.41) is 13.9. The average Bonchev–Trinajstić information content (AvgIpc) is 2.64. The molecule has 2 rings (SSSR count). The molecule has 1 N–H and O–H groups in total. The number of nitro benzene ring substituents is 1. The van der Waals surface area contributed by atoms with E-state index in [2.05, 4.69) is 5.32 Å². The topological polar surface area (TPSA) is 103 Å². The Kier molecular flexibility index (Phi) is 7.00. The van der Waals surface area contributed by atoms with Crippen LogP contribution in [0.5, 0.6) is 0 Å². The highest BCUT2D eigenvalue weighted by atomic mass is 19.1. The van der Waals surface area contributed by atoms with Crippen LogP contribution in [0.25, 0.3) is 11.1 Å². The SMILES string of the molecule is CCC(CCOC)C(=O)Nc1ccc(-c2ccc(=O)n(C)c2)c(F)c1[N+](=O)[O-]. The third-order valence-electron chi connectivity index (χ3n) is 4.49. The fourth-order valence-corrected chi connectivity index (χ4v) is 2.84. The predicted octanol–water partition coefficient (Wildman–Crippen LogP) is 3.10. The van der Waals surface area contributed by atoms with Crippen LogP contribution < -0.4 is 10.9 Å².